The van der Waals surface area contributed by atoms with Gasteiger partial charge < -0.3 is 10.2 Å². The molecule has 1 saturated heterocycles. The Bertz CT molecular complexity index is 548. The van der Waals surface area contributed by atoms with Gasteiger partial charge in [0, 0.05) is 24.3 Å². The third kappa shape index (κ3) is 6.19. The molecule has 0 bridgehead atoms. The largest absolute Gasteiger partial charge is 0.343 e. The molecule has 1 aromatic rings. The molecule has 5 heteroatoms. The first kappa shape index (κ1) is 18.8. The normalized spacial score (nSPS) is 16.0. The molecule has 0 aliphatic carbocycles. The highest BCUT2D eigenvalue weighted by Crippen LogP contribution is 2.22. The SMILES string of the molecule is CC(C)(C)SCC(=O)N[C@@H](Cc1ccccc1)C(=O)N1CCCC1. The summed E-state index contributed by atoms with van der Waals surface area (Å²) in [7, 11) is 0. The Morgan fingerprint density at radius 2 is 1.79 bits per heavy atom. The van der Waals surface area contributed by atoms with Crippen LogP contribution in [0.25, 0.3) is 0 Å². The molecule has 1 aromatic carbocycles. The van der Waals surface area contributed by atoms with Crippen molar-refractivity contribution in [2.75, 3.05) is 18.8 Å². The van der Waals surface area contributed by atoms with Crippen molar-refractivity contribution >= 4 is 23.6 Å². The first-order valence-electron chi connectivity index (χ1n) is 8.61. The van der Waals surface area contributed by atoms with E-state index in [9.17, 15) is 9.59 Å². The molecule has 4 nitrogen and oxygen atoms in total. The van der Waals surface area contributed by atoms with Crippen molar-refractivity contribution in [2.24, 2.45) is 0 Å². The third-order valence-corrected chi connectivity index (χ3v) is 5.24. The number of likely N-dealkylation sites (tertiary alicyclic amines) is 1. The maximum absolute atomic E-state index is 12.8. The number of benzene rings is 1. The highest BCUT2D eigenvalue weighted by atomic mass is 32.2. The number of rotatable bonds is 6. The lowest BCUT2D eigenvalue weighted by atomic mass is 10.0. The minimum atomic E-state index is -0.474. The molecule has 0 spiro atoms. The maximum atomic E-state index is 12.8. The van der Waals surface area contributed by atoms with Crippen LogP contribution in [0, 0.1) is 0 Å². The molecule has 1 aliphatic heterocycles. The number of carbonyl (C=O) groups is 2. The fourth-order valence-corrected chi connectivity index (χ4v) is 3.37. The second kappa shape index (κ2) is 8.56. The molecule has 1 heterocycles. The van der Waals surface area contributed by atoms with Crippen molar-refractivity contribution in [1.82, 2.24) is 10.2 Å². The molecule has 0 aromatic heterocycles. The van der Waals surface area contributed by atoms with Crippen molar-refractivity contribution in [3.05, 3.63) is 35.9 Å². The van der Waals surface area contributed by atoms with Crippen molar-refractivity contribution < 1.29 is 9.59 Å². The quantitative estimate of drug-likeness (QED) is 0.860. The van der Waals surface area contributed by atoms with E-state index in [1.165, 1.54) is 0 Å². The van der Waals surface area contributed by atoms with Gasteiger partial charge in [-0.3, -0.25) is 9.59 Å². The zero-order valence-corrected chi connectivity index (χ0v) is 15.7. The zero-order chi connectivity index (χ0) is 17.6. The summed E-state index contributed by atoms with van der Waals surface area (Å²) >= 11 is 1.60. The van der Waals surface area contributed by atoms with Crippen LogP contribution in [0.3, 0.4) is 0 Å². The maximum Gasteiger partial charge on any atom is 0.245 e. The van der Waals surface area contributed by atoms with E-state index in [1.807, 2.05) is 35.2 Å². The van der Waals surface area contributed by atoms with Gasteiger partial charge in [-0.15, -0.1) is 11.8 Å². The standard InChI is InChI=1S/C19H28N2O2S/c1-19(2,3)24-14-17(22)20-16(13-15-9-5-4-6-10-15)18(23)21-11-7-8-12-21/h4-6,9-10,16H,7-8,11-14H2,1-3H3,(H,20,22)/t16-/m0/s1. The average molecular weight is 349 g/mol. The van der Waals surface area contributed by atoms with Gasteiger partial charge in [-0.05, 0) is 18.4 Å². The molecule has 1 N–H and O–H groups in total. The molecule has 0 unspecified atom stereocenters. The van der Waals surface area contributed by atoms with Crippen molar-refractivity contribution in [3.8, 4) is 0 Å². The summed E-state index contributed by atoms with van der Waals surface area (Å²) in [5.74, 6) is 0.357. The van der Waals surface area contributed by atoms with Gasteiger partial charge in [0.2, 0.25) is 11.8 Å². The van der Waals surface area contributed by atoms with E-state index >= 15 is 0 Å². The van der Waals surface area contributed by atoms with Gasteiger partial charge in [0.15, 0.2) is 0 Å². The van der Waals surface area contributed by atoms with E-state index in [4.69, 9.17) is 0 Å². The lowest BCUT2D eigenvalue weighted by Gasteiger charge is -2.25. The van der Waals surface area contributed by atoms with E-state index in [2.05, 4.69) is 26.1 Å². The number of nitrogens with zero attached hydrogens (tertiary/aromatic N) is 1. The molecule has 24 heavy (non-hydrogen) atoms. The topological polar surface area (TPSA) is 49.4 Å². The third-order valence-electron chi connectivity index (χ3n) is 3.97. The Morgan fingerprint density at radius 3 is 2.38 bits per heavy atom. The van der Waals surface area contributed by atoms with Crippen molar-refractivity contribution in [1.29, 1.82) is 0 Å². The van der Waals surface area contributed by atoms with E-state index in [0.717, 1.165) is 31.5 Å². The number of hydrogen-bond acceptors (Lipinski definition) is 3. The van der Waals surface area contributed by atoms with Crippen LogP contribution in [0.2, 0.25) is 0 Å². The van der Waals surface area contributed by atoms with Crippen LogP contribution in [0.1, 0.15) is 39.2 Å². The molecular weight excluding hydrogens is 320 g/mol. The summed E-state index contributed by atoms with van der Waals surface area (Å²) in [6, 6.07) is 9.41. The summed E-state index contributed by atoms with van der Waals surface area (Å²) < 4.78 is 0.0330. The molecule has 2 amide bonds. The van der Waals surface area contributed by atoms with E-state index in [-0.39, 0.29) is 16.6 Å². The smallest absolute Gasteiger partial charge is 0.245 e. The summed E-state index contributed by atoms with van der Waals surface area (Å²) in [6.45, 7) is 7.86. The highest BCUT2D eigenvalue weighted by molar-refractivity contribution is 8.01. The Hall–Kier alpha value is -1.49. The molecule has 132 valence electrons. The number of thioether (sulfide) groups is 1. The lowest BCUT2D eigenvalue weighted by molar-refractivity contribution is -0.135. The first-order valence-corrected chi connectivity index (χ1v) is 9.60. The van der Waals surface area contributed by atoms with Gasteiger partial charge in [0.1, 0.15) is 6.04 Å². The van der Waals surface area contributed by atoms with Crippen LogP contribution in [0.5, 0.6) is 0 Å². The summed E-state index contributed by atoms with van der Waals surface area (Å²) in [6.07, 6.45) is 2.65. The molecule has 1 atom stereocenters. The number of amides is 2. The van der Waals surface area contributed by atoms with Gasteiger partial charge in [0.05, 0.1) is 5.75 Å². The van der Waals surface area contributed by atoms with E-state index in [1.54, 1.807) is 11.8 Å². The van der Waals surface area contributed by atoms with Gasteiger partial charge >= 0.3 is 0 Å². The molecule has 0 radical (unpaired) electrons. The zero-order valence-electron chi connectivity index (χ0n) is 14.9. The predicted octanol–water partition coefficient (Wildman–Crippen LogP) is 2.87. The second-order valence-corrected chi connectivity index (χ2v) is 9.05. The Kier molecular flexibility index (Phi) is 6.72. The number of carbonyl (C=O) groups excluding carboxylic acids is 2. The highest BCUT2D eigenvalue weighted by Gasteiger charge is 2.28. The Labute approximate surface area is 149 Å². The summed E-state index contributed by atoms with van der Waals surface area (Å²) in [5.41, 5.74) is 1.07. The van der Waals surface area contributed by atoms with Gasteiger partial charge in [0.25, 0.3) is 0 Å². The van der Waals surface area contributed by atoms with Crippen LogP contribution in [0.15, 0.2) is 30.3 Å². The minimum Gasteiger partial charge on any atom is -0.343 e. The van der Waals surface area contributed by atoms with Crippen LogP contribution in [-0.4, -0.2) is 46.3 Å². The average Bonchev–Trinajstić information content (AvgIpc) is 3.06. The van der Waals surface area contributed by atoms with Crippen LogP contribution >= 0.6 is 11.8 Å². The summed E-state index contributed by atoms with van der Waals surface area (Å²) in [4.78, 5) is 27.0. The van der Waals surface area contributed by atoms with E-state index < -0.39 is 6.04 Å². The number of hydrogen-bond donors (Lipinski definition) is 1. The van der Waals surface area contributed by atoms with Crippen LogP contribution < -0.4 is 5.32 Å². The van der Waals surface area contributed by atoms with Crippen molar-refractivity contribution in [2.45, 2.75) is 50.8 Å². The van der Waals surface area contributed by atoms with Crippen LogP contribution in [0.4, 0.5) is 0 Å². The van der Waals surface area contributed by atoms with Crippen molar-refractivity contribution in [3.63, 3.8) is 0 Å². The summed E-state index contributed by atoms with van der Waals surface area (Å²) in [5, 5.41) is 2.96. The molecule has 0 saturated carbocycles. The number of nitrogens with one attached hydrogen (secondary N) is 1. The second-order valence-electron chi connectivity index (χ2n) is 7.24. The fourth-order valence-electron chi connectivity index (χ4n) is 2.73. The fraction of sp³-hybridized carbons (Fsp3) is 0.579. The first-order chi connectivity index (χ1) is 11.3. The van der Waals surface area contributed by atoms with Gasteiger partial charge in [-0.25, -0.2) is 0 Å². The predicted molar refractivity (Wildman–Crippen MR) is 100 cm³/mol. The molecule has 2 rings (SSSR count). The van der Waals surface area contributed by atoms with Gasteiger partial charge in [-0.1, -0.05) is 51.1 Å². The Balaban J connectivity index is 2.01. The van der Waals surface area contributed by atoms with E-state index in [0.29, 0.717) is 12.2 Å². The monoisotopic (exact) mass is 348 g/mol. The molecule has 1 aliphatic rings. The molecule has 1 fully saturated rings. The van der Waals surface area contributed by atoms with Crippen LogP contribution in [-0.2, 0) is 16.0 Å². The Morgan fingerprint density at radius 1 is 1.17 bits per heavy atom. The van der Waals surface area contributed by atoms with Gasteiger partial charge in [-0.2, -0.15) is 0 Å². The molecular formula is C19H28N2O2S. The lowest BCUT2D eigenvalue weighted by Crippen LogP contribution is -2.49. The minimum absolute atomic E-state index is 0.0330.